The van der Waals surface area contributed by atoms with E-state index in [9.17, 15) is 14.4 Å². The van der Waals surface area contributed by atoms with Crippen LogP contribution >= 0.6 is 0 Å². The molecule has 0 bridgehead atoms. The number of ether oxygens (including phenoxy) is 3. The SMILES string of the molecule is COC(CNC(=O)OCC1c2ccccc2-c2ccccc21)CC(=O)NC[C@H]1CCO[C@H]1C(=O)O. The predicted molar refractivity (Wildman–Crippen MR) is 127 cm³/mol. The van der Waals surface area contributed by atoms with Crippen molar-refractivity contribution in [3.63, 3.8) is 0 Å². The van der Waals surface area contributed by atoms with Gasteiger partial charge in [-0.2, -0.15) is 0 Å². The minimum Gasteiger partial charge on any atom is -0.479 e. The average Bonchev–Trinajstić information content (AvgIpc) is 3.47. The summed E-state index contributed by atoms with van der Waals surface area (Å²) in [6.45, 7) is 0.880. The highest BCUT2D eigenvalue weighted by Gasteiger charge is 2.34. The van der Waals surface area contributed by atoms with Gasteiger partial charge < -0.3 is 30.0 Å². The Labute approximate surface area is 203 Å². The van der Waals surface area contributed by atoms with E-state index < -0.39 is 24.3 Å². The summed E-state index contributed by atoms with van der Waals surface area (Å²) in [4.78, 5) is 35.8. The number of hydrogen-bond acceptors (Lipinski definition) is 6. The van der Waals surface area contributed by atoms with Crippen LogP contribution in [-0.2, 0) is 23.8 Å². The van der Waals surface area contributed by atoms with Crippen LogP contribution in [0, 0.1) is 5.92 Å². The van der Waals surface area contributed by atoms with E-state index in [0.717, 1.165) is 22.3 Å². The molecule has 0 spiro atoms. The monoisotopic (exact) mass is 482 g/mol. The maximum Gasteiger partial charge on any atom is 0.407 e. The molecule has 2 aromatic carbocycles. The zero-order valence-corrected chi connectivity index (χ0v) is 19.6. The maximum atomic E-state index is 12.4. The van der Waals surface area contributed by atoms with Gasteiger partial charge in [0.05, 0.1) is 12.5 Å². The highest BCUT2D eigenvalue weighted by Crippen LogP contribution is 2.44. The molecule has 2 aromatic rings. The van der Waals surface area contributed by atoms with E-state index in [-0.39, 0.29) is 43.9 Å². The molecule has 9 nitrogen and oxygen atoms in total. The van der Waals surface area contributed by atoms with Gasteiger partial charge in [-0.05, 0) is 28.7 Å². The van der Waals surface area contributed by atoms with Crippen molar-refractivity contribution < 1.29 is 33.7 Å². The summed E-state index contributed by atoms with van der Waals surface area (Å²) in [5.41, 5.74) is 4.57. The Morgan fingerprint density at radius 1 is 1.06 bits per heavy atom. The molecule has 1 heterocycles. The Morgan fingerprint density at radius 2 is 1.71 bits per heavy atom. The molecule has 3 atom stereocenters. The van der Waals surface area contributed by atoms with E-state index in [4.69, 9.17) is 19.3 Å². The fraction of sp³-hybridized carbons (Fsp3) is 0.423. The van der Waals surface area contributed by atoms with Crippen LogP contribution in [0.2, 0.25) is 0 Å². The van der Waals surface area contributed by atoms with Gasteiger partial charge in [0.1, 0.15) is 6.61 Å². The van der Waals surface area contributed by atoms with Gasteiger partial charge in [-0.1, -0.05) is 48.5 Å². The fourth-order valence-corrected chi connectivity index (χ4v) is 4.73. The van der Waals surface area contributed by atoms with Crippen LogP contribution in [0.5, 0.6) is 0 Å². The van der Waals surface area contributed by atoms with Gasteiger partial charge >= 0.3 is 12.1 Å². The van der Waals surface area contributed by atoms with E-state index in [2.05, 4.69) is 34.9 Å². The lowest BCUT2D eigenvalue weighted by Gasteiger charge is -2.19. The van der Waals surface area contributed by atoms with Gasteiger partial charge in [0.15, 0.2) is 6.10 Å². The standard InChI is InChI=1S/C26H30N2O7/c1-33-17(12-23(29)27-13-16-10-11-34-24(16)25(30)31)14-28-26(32)35-15-22-20-8-4-2-6-18(20)19-7-3-5-9-21(19)22/h2-9,16-17,22,24H,10-15H2,1H3,(H,27,29)(H,28,32)(H,30,31)/t16-,17?,24-/m1/s1. The van der Waals surface area contributed by atoms with E-state index in [1.165, 1.54) is 7.11 Å². The minimum absolute atomic E-state index is 0.0193. The molecule has 2 aliphatic rings. The fourth-order valence-electron chi connectivity index (χ4n) is 4.73. The quantitative estimate of drug-likeness (QED) is 0.476. The van der Waals surface area contributed by atoms with Crippen LogP contribution < -0.4 is 10.6 Å². The molecule has 186 valence electrons. The first-order valence-electron chi connectivity index (χ1n) is 11.7. The second-order valence-electron chi connectivity index (χ2n) is 8.75. The number of benzene rings is 2. The van der Waals surface area contributed by atoms with Crippen LogP contribution in [0.1, 0.15) is 29.9 Å². The summed E-state index contributed by atoms with van der Waals surface area (Å²) >= 11 is 0. The highest BCUT2D eigenvalue weighted by molar-refractivity contribution is 5.79. The van der Waals surface area contributed by atoms with Crippen LogP contribution in [0.4, 0.5) is 4.79 Å². The molecule has 0 aromatic heterocycles. The van der Waals surface area contributed by atoms with Crippen molar-refractivity contribution in [2.75, 3.05) is 33.4 Å². The zero-order chi connectivity index (χ0) is 24.8. The lowest BCUT2D eigenvalue weighted by Crippen LogP contribution is -2.40. The number of aliphatic carboxylic acids is 1. The molecule has 1 fully saturated rings. The van der Waals surface area contributed by atoms with E-state index in [1.807, 2.05) is 24.3 Å². The largest absolute Gasteiger partial charge is 0.479 e. The molecule has 0 saturated carbocycles. The van der Waals surface area contributed by atoms with E-state index in [0.29, 0.717) is 13.0 Å². The molecule has 35 heavy (non-hydrogen) atoms. The topological polar surface area (TPSA) is 123 Å². The molecular weight excluding hydrogens is 452 g/mol. The molecule has 1 unspecified atom stereocenters. The third-order valence-corrected chi connectivity index (χ3v) is 6.58. The van der Waals surface area contributed by atoms with Crippen LogP contribution in [-0.4, -0.2) is 68.7 Å². The second-order valence-corrected chi connectivity index (χ2v) is 8.75. The molecule has 4 rings (SSSR count). The summed E-state index contributed by atoms with van der Waals surface area (Å²) < 4.78 is 16.0. The number of carbonyl (C=O) groups excluding carboxylic acids is 2. The number of fused-ring (bicyclic) bond motifs is 3. The Bertz CT molecular complexity index is 1030. The van der Waals surface area contributed by atoms with Crippen molar-refractivity contribution >= 4 is 18.0 Å². The molecular formula is C26H30N2O7. The summed E-state index contributed by atoms with van der Waals surface area (Å²) in [6.07, 6.45) is -1.43. The Morgan fingerprint density at radius 3 is 2.34 bits per heavy atom. The van der Waals surface area contributed by atoms with Crippen molar-refractivity contribution in [2.45, 2.75) is 31.0 Å². The summed E-state index contributed by atoms with van der Waals surface area (Å²) in [6, 6.07) is 16.2. The highest BCUT2D eigenvalue weighted by atomic mass is 16.5. The van der Waals surface area contributed by atoms with Gasteiger partial charge in [0, 0.05) is 38.6 Å². The van der Waals surface area contributed by atoms with Gasteiger partial charge in [0.2, 0.25) is 5.91 Å². The van der Waals surface area contributed by atoms with Crippen LogP contribution in [0.25, 0.3) is 11.1 Å². The molecule has 1 aliphatic heterocycles. The lowest BCUT2D eigenvalue weighted by molar-refractivity contribution is -0.149. The number of methoxy groups -OCH3 is 1. The Hall–Kier alpha value is -3.43. The lowest BCUT2D eigenvalue weighted by atomic mass is 9.98. The van der Waals surface area contributed by atoms with Crippen molar-refractivity contribution in [2.24, 2.45) is 5.92 Å². The molecule has 9 heteroatoms. The molecule has 1 aliphatic carbocycles. The zero-order valence-electron chi connectivity index (χ0n) is 19.6. The van der Waals surface area contributed by atoms with Gasteiger partial charge in [-0.3, -0.25) is 4.79 Å². The number of rotatable bonds is 10. The number of carbonyl (C=O) groups is 3. The van der Waals surface area contributed by atoms with Crippen molar-refractivity contribution in [3.8, 4) is 11.1 Å². The molecule has 2 amide bonds. The number of amides is 2. The maximum absolute atomic E-state index is 12.4. The van der Waals surface area contributed by atoms with Gasteiger partial charge in [0.25, 0.3) is 0 Å². The van der Waals surface area contributed by atoms with Gasteiger partial charge in [-0.15, -0.1) is 0 Å². The smallest absolute Gasteiger partial charge is 0.407 e. The summed E-state index contributed by atoms with van der Waals surface area (Å²) in [7, 11) is 1.46. The van der Waals surface area contributed by atoms with Crippen molar-refractivity contribution in [1.29, 1.82) is 0 Å². The number of carboxylic acid groups (broad SMARTS) is 1. The van der Waals surface area contributed by atoms with Gasteiger partial charge in [-0.25, -0.2) is 9.59 Å². The second kappa shape index (κ2) is 11.3. The number of alkyl carbamates (subject to hydrolysis) is 1. The molecule has 1 saturated heterocycles. The number of nitrogens with one attached hydrogen (secondary N) is 2. The summed E-state index contributed by atoms with van der Waals surface area (Å²) in [5.74, 6) is -1.62. The van der Waals surface area contributed by atoms with Crippen molar-refractivity contribution in [3.05, 3.63) is 59.7 Å². The van der Waals surface area contributed by atoms with E-state index >= 15 is 0 Å². The summed E-state index contributed by atoms with van der Waals surface area (Å²) in [5, 5.41) is 14.6. The van der Waals surface area contributed by atoms with Crippen LogP contribution in [0.15, 0.2) is 48.5 Å². The third-order valence-electron chi connectivity index (χ3n) is 6.58. The number of hydrogen-bond donors (Lipinski definition) is 3. The van der Waals surface area contributed by atoms with E-state index in [1.54, 1.807) is 0 Å². The Kier molecular flexibility index (Phi) is 7.99. The first-order valence-corrected chi connectivity index (χ1v) is 11.7. The third kappa shape index (κ3) is 5.80. The molecule has 3 N–H and O–H groups in total. The minimum atomic E-state index is -1.02. The Balaban J connectivity index is 1.22. The average molecular weight is 483 g/mol. The molecule has 0 radical (unpaired) electrons. The first-order chi connectivity index (χ1) is 17.0. The van der Waals surface area contributed by atoms with Crippen molar-refractivity contribution in [1.82, 2.24) is 10.6 Å². The normalized spacial score (nSPS) is 19.5. The number of carboxylic acids is 1. The van der Waals surface area contributed by atoms with Crippen LogP contribution in [0.3, 0.4) is 0 Å². The first kappa shape index (κ1) is 24.7. The predicted octanol–water partition coefficient (Wildman–Crippen LogP) is 2.54.